The summed E-state index contributed by atoms with van der Waals surface area (Å²) in [5, 5.41) is 0. The van der Waals surface area contributed by atoms with Gasteiger partial charge in [0.2, 0.25) is 17.7 Å². The number of carbonyl (C=O) groups excluding carboxylic acids is 4. The maximum atomic E-state index is 11.5. The molecule has 0 saturated heterocycles. The highest BCUT2D eigenvalue weighted by atomic mass is 16.5. The molecule has 0 heterocycles. The molecule has 0 aliphatic heterocycles. The van der Waals surface area contributed by atoms with Gasteiger partial charge in [0.15, 0.2) is 0 Å². The molecule has 0 radical (unpaired) electrons. The van der Waals surface area contributed by atoms with Crippen LogP contribution < -0.4 is 5.73 Å². The molecule has 1 unspecified atom stereocenters. The van der Waals surface area contributed by atoms with Crippen LogP contribution in [0.2, 0.25) is 0 Å². The van der Waals surface area contributed by atoms with Gasteiger partial charge in [0.1, 0.15) is 6.04 Å². The summed E-state index contributed by atoms with van der Waals surface area (Å²) in [6, 6.07) is -1.11. The number of hydrogen-bond donors (Lipinski definition) is 1. The average Bonchev–Trinajstić information content (AvgIpc) is 2.21. The van der Waals surface area contributed by atoms with Crippen molar-refractivity contribution in [2.45, 2.75) is 32.7 Å². The quantitative estimate of drug-likeness (QED) is 0.636. The molecule has 3 amide bonds. The Morgan fingerprint density at radius 1 is 1.18 bits per heavy atom. The Balaban J connectivity index is 4.99. The van der Waals surface area contributed by atoms with Crippen LogP contribution in [0.3, 0.4) is 0 Å². The van der Waals surface area contributed by atoms with Crippen molar-refractivity contribution in [2.75, 3.05) is 7.11 Å². The van der Waals surface area contributed by atoms with Crippen LogP contribution in [0.15, 0.2) is 0 Å². The molecule has 0 aliphatic rings. The molecule has 0 aromatic heterocycles. The van der Waals surface area contributed by atoms with Crippen LogP contribution in [-0.2, 0) is 23.9 Å². The molecule has 0 bridgehead atoms. The van der Waals surface area contributed by atoms with Crippen molar-refractivity contribution in [3.63, 3.8) is 0 Å². The molecule has 0 aromatic carbocycles. The summed E-state index contributed by atoms with van der Waals surface area (Å²) in [5.41, 5.74) is 4.96. The van der Waals surface area contributed by atoms with Crippen LogP contribution in [-0.4, -0.2) is 41.7 Å². The molecular formula is C10H16N2O5. The molecule has 1 atom stereocenters. The zero-order valence-corrected chi connectivity index (χ0v) is 10.1. The van der Waals surface area contributed by atoms with Crippen molar-refractivity contribution in [2.24, 2.45) is 5.73 Å². The van der Waals surface area contributed by atoms with Gasteiger partial charge in [0.25, 0.3) is 0 Å². The van der Waals surface area contributed by atoms with E-state index in [0.29, 0.717) is 0 Å². The van der Waals surface area contributed by atoms with E-state index in [4.69, 9.17) is 5.73 Å². The van der Waals surface area contributed by atoms with E-state index in [9.17, 15) is 19.2 Å². The largest absolute Gasteiger partial charge is 0.467 e. The van der Waals surface area contributed by atoms with Crippen molar-refractivity contribution in [3.05, 3.63) is 0 Å². The van der Waals surface area contributed by atoms with Gasteiger partial charge in [0, 0.05) is 20.3 Å². The molecule has 2 N–H and O–H groups in total. The Morgan fingerprint density at radius 2 is 1.65 bits per heavy atom. The fourth-order valence-corrected chi connectivity index (χ4v) is 1.43. The number of primary amides is 1. The fourth-order valence-electron chi connectivity index (χ4n) is 1.43. The van der Waals surface area contributed by atoms with E-state index < -0.39 is 29.7 Å². The highest BCUT2D eigenvalue weighted by Crippen LogP contribution is 2.10. The molecule has 17 heavy (non-hydrogen) atoms. The number of nitrogens with two attached hydrogens (primary N) is 1. The van der Waals surface area contributed by atoms with Crippen LogP contribution in [0, 0.1) is 0 Å². The van der Waals surface area contributed by atoms with Gasteiger partial charge in [-0.15, -0.1) is 0 Å². The lowest BCUT2D eigenvalue weighted by Gasteiger charge is -2.25. The number of hydrogen-bond acceptors (Lipinski definition) is 5. The smallest absolute Gasteiger partial charge is 0.329 e. The van der Waals surface area contributed by atoms with E-state index in [1.54, 1.807) is 0 Å². The second-order valence-corrected chi connectivity index (χ2v) is 3.45. The summed E-state index contributed by atoms with van der Waals surface area (Å²) in [6.07, 6.45) is -0.155. The van der Waals surface area contributed by atoms with E-state index in [2.05, 4.69) is 4.74 Å². The molecule has 0 spiro atoms. The third kappa shape index (κ3) is 4.62. The van der Waals surface area contributed by atoms with Crippen molar-refractivity contribution in [3.8, 4) is 0 Å². The van der Waals surface area contributed by atoms with Crippen LogP contribution in [0.25, 0.3) is 0 Å². The van der Waals surface area contributed by atoms with E-state index in [-0.39, 0.29) is 12.8 Å². The first-order valence-electron chi connectivity index (χ1n) is 4.97. The molecule has 0 fully saturated rings. The van der Waals surface area contributed by atoms with Crippen LogP contribution >= 0.6 is 0 Å². The van der Waals surface area contributed by atoms with Gasteiger partial charge in [-0.05, 0) is 6.42 Å². The SMILES string of the molecule is COC(=O)C(CCC(N)=O)N(C(C)=O)C(C)=O. The zero-order valence-electron chi connectivity index (χ0n) is 10.1. The maximum absolute atomic E-state index is 11.5. The number of nitrogens with zero attached hydrogens (tertiary/aromatic N) is 1. The Hall–Kier alpha value is -1.92. The number of carbonyl (C=O) groups is 4. The topological polar surface area (TPSA) is 107 Å². The average molecular weight is 244 g/mol. The van der Waals surface area contributed by atoms with Crippen LogP contribution in [0.5, 0.6) is 0 Å². The summed E-state index contributed by atoms with van der Waals surface area (Å²) in [4.78, 5) is 45.4. The Labute approximate surface area is 98.9 Å². The molecular weight excluding hydrogens is 228 g/mol. The summed E-state index contributed by atoms with van der Waals surface area (Å²) < 4.78 is 4.49. The number of rotatable bonds is 5. The summed E-state index contributed by atoms with van der Waals surface area (Å²) in [5.74, 6) is -2.54. The molecule has 96 valence electrons. The highest BCUT2D eigenvalue weighted by Gasteiger charge is 2.31. The van der Waals surface area contributed by atoms with Crippen molar-refractivity contribution in [1.82, 2.24) is 4.90 Å². The third-order valence-electron chi connectivity index (χ3n) is 2.13. The number of esters is 1. The van der Waals surface area contributed by atoms with Crippen molar-refractivity contribution in [1.29, 1.82) is 0 Å². The Kier molecular flexibility index (Phi) is 5.87. The Morgan fingerprint density at radius 3 is 1.94 bits per heavy atom. The molecule has 0 saturated carbocycles. The predicted octanol–water partition coefficient (Wildman–Crippen LogP) is -0.811. The monoisotopic (exact) mass is 244 g/mol. The van der Waals surface area contributed by atoms with Crippen molar-refractivity contribution >= 4 is 23.7 Å². The molecule has 0 aromatic rings. The second-order valence-electron chi connectivity index (χ2n) is 3.45. The lowest BCUT2D eigenvalue weighted by atomic mass is 10.1. The van der Waals surface area contributed by atoms with Crippen molar-refractivity contribution < 1.29 is 23.9 Å². The maximum Gasteiger partial charge on any atom is 0.329 e. The summed E-state index contributed by atoms with van der Waals surface area (Å²) >= 11 is 0. The van der Waals surface area contributed by atoms with Gasteiger partial charge >= 0.3 is 5.97 Å². The first-order chi connectivity index (χ1) is 7.81. The van der Waals surface area contributed by atoms with E-state index in [0.717, 1.165) is 25.9 Å². The predicted molar refractivity (Wildman–Crippen MR) is 57.4 cm³/mol. The summed E-state index contributed by atoms with van der Waals surface area (Å²) in [7, 11) is 1.14. The molecule has 7 heteroatoms. The first-order valence-corrected chi connectivity index (χ1v) is 4.97. The van der Waals surface area contributed by atoms with Crippen LogP contribution in [0.1, 0.15) is 26.7 Å². The van der Waals surface area contributed by atoms with Gasteiger partial charge in [-0.2, -0.15) is 0 Å². The Bertz CT molecular complexity index is 326. The lowest BCUT2D eigenvalue weighted by molar-refractivity contribution is -0.158. The second kappa shape index (κ2) is 6.62. The third-order valence-corrected chi connectivity index (χ3v) is 2.13. The van der Waals surface area contributed by atoms with E-state index in [1.807, 2.05) is 0 Å². The lowest BCUT2D eigenvalue weighted by Crippen LogP contribution is -2.47. The van der Waals surface area contributed by atoms with Gasteiger partial charge in [-0.1, -0.05) is 0 Å². The van der Waals surface area contributed by atoms with Crippen LogP contribution in [0.4, 0.5) is 0 Å². The number of imide groups is 1. The zero-order chi connectivity index (χ0) is 13.6. The fraction of sp³-hybridized carbons (Fsp3) is 0.600. The molecule has 7 nitrogen and oxygen atoms in total. The highest BCUT2D eigenvalue weighted by molar-refractivity contribution is 5.97. The number of amides is 3. The van der Waals surface area contributed by atoms with Gasteiger partial charge in [-0.3, -0.25) is 19.3 Å². The minimum Gasteiger partial charge on any atom is -0.467 e. The van der Waals surface area contributed by atoms with Gasteiger partial charge < -0.3 is 10.5 Å². The molecule has 0 aliphatic carbocycles. The number of methoxy groups -OCH3 is 1. The summed E-state index contributed by atoms with van der Waals surface area (Å²) in [6.45, 7) is 2.31. The van der Waals surface area contributed by atoms with E-state index >= 15 is 0 Å². The van der Waals surface area contributed by atoms with E-state index in [1.165, 1.54) is 0 Å². The van der Waals surface area contributed by atoms with Gasteiger partial charge in [-0.25, -0.2) is 4.79 Å². The molecule has 0 rings (SSSR count). The first kappa shape index (κ1) is 15.1. The minimum atomic E-state index is -1.11. The normalized spacial score (nSPS) is 11.5. The standard InChI is InChI=1S/C10H16N2O5/c1-6(13)12(7(2)14)8(10(16)17-3)4-5-9(11)15/h8H,4-5H2,1-3H3,(H2,11,15). The minimum absolute atomic E-state index is 0.0405. The number of ether oxygens (including phenoxy) is 1. The van der Waals surface area contributed by atoms with Gasteiger partial charge in [0.05, 0.1) is 7.11 Å².